The summed E-state index contributed by atoms with van der Waals surface area (Å²) in [5.74, 6) is -1.00. The van der Waals surface area contributed by atoms with Crippen LogP contribution in [0.3, 0.4) is 0 Å². The highest BCUT2D eigenvalue weighted by atomic mass is 16.4. The number of rotatable bonds is 4. The van der Waals surface area contributed by atoms with Crippen molar-refractivity contribution in [3.8, 4) is 0 Å². The van der Waals surface area contributed by atoms with Gasteiger partial charge >= 0.3 is 5.97 Å². The number of amides is 1. The van der Waals surface area contributed by atoms with Crippen LogP contribution in [0.2, 0.25) is 0 Å². The molecule has 0 spiro atoms. The normalized spacial score (nSPS) is 26.5. The van der Waals surface area contributed by atoms with Crippen LogP contribution in [-0.4, -0.2) is 35.0 Å². The van der Waals surface area contributed by atoms with Gasteiger partial charge in [0.25, 0.3) is 0 Å². The Bertz CT molecular complexity index is 565. The summed E-state index contributed by atoms with van der Waals surface area (Å²) in [4.78, 5) is 26.1. The molecule has 1 aromatic carbocycles. The van der Waals surface area contributed by atoms with Gasteiger partial charge in [0.15, 0.2) is 0 Å². The minimum Gasteiger partial charge on any atom is -0.481 e. The van der Waals surface area contributed by atoms with Gasteiger partial charge in [-0.2, -0.15) is 0 Å². The van der Waals surface area contributed by atoms with Crippen molar-refractivity contribution in [2.75, 3.05) is 13.1 Å². The smallest absolute Gasteiger partial charge is 0.308 e. The minimum atomic E-state index is -0.784. The van der Waals surface area contributed by atoms with Gasteiger partial charge in [0, 0.05) is 13.1 Å². The van der Waals surface area contributed by atoms with Crippen molar-refractivity contribution in [3.63, 3.8) is 0 Å². The first-order valence-electron chi connectivity index (χ1n) is 8.08. The predicted octanol–water partition coefficient (Wildman–Crippen LogP) is 2.58. The van der Waals surface area contributed by atoms with Crippen molar-refractivity contribution < 1.29 is 14.7 Å². The van der Waals surface area contributed by atoms with E-state index < -0.39 is 11.9 Å². The molecule has 4 nitrogen and oxygen atoms in total. The summed E-state index contributed by atoms with van der Waals surface area (Å²) in [6, 6.07) is 10.1. The van der Waals surface area contributed by atoms with Crippen LogP contribution in [0, 0.1) is 17.3 Å². The van der Waals surface area contributed by atoms with E-state index in [0.717, 1.165) is 25.7 Å². The van der Waals surface area contributed by atoms with Crippen molar-refractivity contribution in [1.29, 1.82) is 0 Å². The highest BCUT2D eigenvalue weighted by Crippen LogP contribution is 2.46. The maximum atomic E-state index is 13.0. The highest BCUT2D eigenvalue weighted by Gasteiger charge is 2.49. The van der Waals surface area contributed by atoms with Crippen LogP contribution in [0.15, 0.2) is 30.3 Å². The Labute approximate surface area is 131 Å². The Morgan fingerprint density at radius 2 is 1.91 bits per heavy atom. The summed E-state index contributed by atoms with van der Waals surface area (Å²) in [5.41, 5.74) is 0.895. The van der Waals surface area contributed by atoms with Gasteiger partial charge in [0.05, 0.1) is 11.3 Å². The molecule has 1 aliphatic heterocycles. The number of hydrogen-bond acceptors (Lipinski definition) is 2. The summed E-state index contributed by atoms with van der Waals surface area (Å²) >= 11 is 0. The van der Waals surface area contributed by atoms with E-state index in [-0.39, 0.29) is 17.2 Å². The largest absolute Gasteiger partial charge is 0.481 e. The second kappa shape index (κ2) is 5.75. The van der Waals surface area contributed by atoms with Gasteiger partial charge in [0.1, 0.15) is 0 Å². The Kier molecular flexibility index (Phi) is 3.94. The molecule has 118 valence electrons. The number of likely N-dealkylation sites (tertiary alicyclic amines) is 1. The van der Waals surface area contributed by atoms with Crippen LogP contribution in [0.4, 0.5) is 0 Å². The van der Waals surface area contributed by atoms with E-state index >= 15 is 0 Å². The molecule has 1 N–H and O–H groups in total. The van der Waals surface area contributed by atoms with Crippen LogP contribution in [0.25, 0.3) is 0 Å². The van der Waals surface area contributed by atoms with Gasteiger partial charge < -0.3 is 10.0 Å². The van der Waals surface area contributed by atoms with Crippen LogP contribution in [-0.2, 0) is 16.0 Å². The number of nitrogens with zero attached hydrogens (tertiary/aromatic N) is 1. The van der Waals surface area contributed by atoms with Crippen molar-refractivity contribution in [2.24, 2.45) is 17.3 Å². The van der Waals surface area contributed by atoms with Crippen molar-refractivity contribution in [2.45, 2.75) is 32.6 Å². The molecule has 4 heteroatoms. The zero-order chi connectivity index (χ0) is 15.7. The zero-order valence-corrected chi connectivity index (χ0v) is 13.0. The van der Waals surface area contributed by atoms with Crippen LogP contribution >= 0.6 is 0 Å². The van der Waals surface area contributed by atoms with E-state index in [0.29, 0.717) is 13.1 Å². The van der Waals surface area contributed by atoms with Gasteiger partial charge in [0.2, 0.25) is 5.91 Å². The van der Waals surface area contributed by atoms with Crippen LogP contribution < -0.4 is 0 Å². The first kappa shape index (κ1) is 15.1. The number of carbonyl (C=O) groups excluding carboxylic acids is 1. The molecule has 2 fully saturated rings. The molecule has 3 rings (SSSR count). The lowest BCUT2D eigenvalue weighted by Crippen LogP contribution is -2.48. The Balaban J connectivity index is 1.74. The zero-order valence-electron chi connectivity index (χ0n) is 13.0. The van der Waals surface area contributed by atoms with E-state index in [4.69, 9.17) is 0 Å². The Hall–Kier alpha value is -1.84. The lowest BCUT2D eigenvalue weighted by atomic mass is 9.64. The number of benzene rings is 1. The molecule has 2 atom stereocenters. The molecule has 1 amide bonds. The fourth-order valence-corrected chi connectivity index (χ4v) is 3.85. The Morgan fingerprint density at radius 3 is 2.41 bits per heavy atom. The monoisotopic (exact) mass is 301 g/mol. The molecular formula is C18H23NO3. The van der Waals surface area contributed by atoms with Crippen molar-refractivity contribution >= 4 is 11.9 Å². The molecule has 2 aliphatic rings. The van der Waals surface area contributed by atoms with E-state index in [9.17, 15) is 14.7 Å². The van der Waals surface area contributed by atoms with Gasteiger partial charge in [-0.15, -0.1) is 0 Å². The third-order valence-corrected chi connectivity index (χ3v) is 5.37. The van der Waals surface area contributed by atoms with Crippen molar-refractivity contribution in [1.82, 2.24) is 4.90 Å². The third-order valence-electron chi connectivity index (χ3n) is 5.37. The molecule has 1 aromatic rings. The van der Waals surface area contributed by atoms with Crippen molar-refractivity contribution in [3.05, 3.63) is 35.9 Å². The number of aliphatic carboxylic acids is 1. The lowest BCUT2D eigenvalue weighted by molar-refractivity contribution is -0.147. The summed E-state index contributed by atoms with van der Waals surface area (Å²) in [6.45, 7) is 2.87. The topological polar surface area (TPSA) is 57.6 Å². The quantitative estimate of drug-likeness (QED) is 0.930. The number of carboxylic acids is 1. The summed E-state index contributed by atoms with van der Waals surface area (Å²) in [6.07, 6.45) is 3.70. The van der Waals surface area contributed by atoms with Gasteiger partial charge in [-0.3, -0.25) is 9.59 Å². The maximum Gasteiger partial charge on any atom is 0.308 e. The van der Waals surface area contributed by atoms with E-state index in [1.54, 1.807) is 4.90 Å². The molecular weight excluding hydrogens is 278 g/mol. The average molecular weight is 301 g/mol. The maximum absolute atomic E-state index is 13.0. The van der Waals surface area contributed by atoms with E-state index in [1.807, 2.05) is 25.1 Å². The summed E-state index contributed by atoms with van der Waals surface area (Å²) < 4.78 is 0. The predicted molar refractivity (Wildman–Crippen MR) is 83.3 cm³/mol. The van der Waals surface area contributed by atoms with Gasteiger partial charge in [-0.05, 0) is 30.7 Å². The minimum absolute atomic E-state index is 0.0373. The molecule has 0 aromatic heterocycles. The molecule has 0 radical (unpaired) electrons. The summed E-state index contributed by atoms with van der Waals surface area (Å²) in [5, 5.41) is 9.25. The highest BCUT2D eigenvalue weighted by molar-refractivity contribution is 5.85. The molecule has 1 heterocycles. The molecule has 0 unspecified atom stereocenters. The van der Waals surface area contributed by atoms with Gasteiger partial charge in [-0.25, -0.2) is 0 Å². The second-order valence-electron chi connectivity index (χ2n) is 6.93. The van der Waals surface area contributed by atoms with Gasteiger partial charge in [-0.1, -0.05) is 43.7 Å². The molecule has 1 saturated carbocycles. The van der Waals surface area contributed by atoms with Crippen LogP contribution in [0.5, 0.6) is 0 Å². The Morgan fingerprint density at radius 1 is 1.23 bits per heavy atom. The number of carboxylic acid groups (broad SMARTS) is 1. The number of hydrogen-bond donors (Lipinski definition) is 1. The fraction of sp³-hybridized carbons (Fsp3) is 0.556. The SMILES string of the molecule is C[C@@H]1CN(C(=O)C2(Cc3ccccc3)CCC2)C[C@H]1C(=O)O. The first-order chi connectivity index (χ1) is 10.5. The number of carbonyl (C=O) groups is 2. The molecule has 22 heavy (non-hydrogen) atoms. The van der Waals surface area contributed by atoms with Crippen LogP contribution in [0.1, 0.15) is 31.7 Å². The first-order valence-corrected chi connectivity index (χ1v) is 8.08. The van der Waals surface area contributed by atoms with E-state index in [1.165, 1.54) is 5.56 Å². The van der Waals surface area contributed by atoms with E-state index in [2.05, 4.69) is 12.1 Å². The molecule has 1 saturated heterocycles. The average Bonchev–Trinajstić information content (AvgIpc) is 2.85. The standard InChI is InChI=1S/C18H23NO3/c1-13-11-19(12-15(13)16(20)21)17(22)18(8-5-9-18)10-14-6-3-2-4-7-14/h2-4,6-7,13,15H,5,8-12H2,1H3,(H,20,21)/t13-,15-/m1/s1. The summed E-state index contributed by atoms with van der Waals surface area (Å²) in [7, 11) is 0. The third kappa shape index (κ3) is 2.62. The molecule has 0 bridgehead atoms. The second-order valence-corrected chi connectivity index (χ2v) is 6.93. The lowest BCUT2D eigenvalue weighted by Gasteiger charge is -2.43. The molecule has 1 aliphatic carbocycles. The fourth-order valence-electron chi connectivity index (χ4n) is 3.85.